The van der Waals surface area contributed by atoms with Crippen molar-refractivity contribution < 1.29 is 14.3 Å². The average molecular weight is 443 g/mol. The van der Waals surface area contributed by atoms with E-state index in [4.69, 9.17) is 9.47 Å². The molecule has 33 heavy (non-hydrogen) atoms. The van der Waals surface area contributed by atoms with Gasteiger partial charge in [-0.3, -0.25) is 4.79 Å². The molecule has 1 amide bonds. The van der Waals surface area contributed by atoms with E-state index in [0.717, 1.165) is 27.9 Å². The number of methoxy groups -OCH3 is 2. The van der Waals surface area contributed by atoms with E-state index in [-0.39, 0.29) is 5.82 Å². The predicted molar refractivity (Wildman–Crippen MR) is 129 cm³/mol. The minimum absolute atomic E-state index is 0.0530. The first-order chi connectivity index (χ1) is 15.9. The highest BCUT2D eigenvalue weighted by Gasteiger charge is 2.21. The van der Waals surface area contributed by atoms with Gasteiger partial charge >= 0.3 is 0 Å². The van der Waals surface area contributed by atoms with Gasteiger partial charge < -0.3 is 14.8 Å². The third-order valence-corrected chi connectivity index (χ3v) is 5.55. The van der Waals surface area contributed by atoms with Crippen LogP contribution in [-0.2, 0) is 0 Å². The molecule has 4 aromatic rings. The summed E-state index contributed by atoms with van der Waals surface area (Å²) in [5, 5.41) is 7.46. The number of hydrogen-bond acceptors (Lipinski definition) is 5. The summed E-state index contributed by atoms with van der Waals surface area (Å²) in [5.74, 6) is 1.31. The molecule has 1 aromatic heterocycles. The molecule has 1 heterocycles. The van der Waals surface area contributed by atoms with Crippen LogP contribution in [0.1, 0.15) is 27.3 Å². The molecule has 0 atom stereocenters. The normalized spacial score (nSPS) is 10.7. The number of hydrogen-bond donors (Lipinski definition) is 1. The molecule has 0 saturated heterocycles. The molecule has 0 aliphatic rings. The van der Waals surface area contributed by atoms with E-state index in [1.807, 2.05) is 63.2 Å². The minimum atomic E-state index is -0.445. The molecule has 1 N–H and O–H groups in total. The number of aryl methyl sites for hydroxylation is 2. The van der Waals surface area contributed by atoms with Crippen molar-refractivity contribution >= 4 is 11.6 Å². The van der Waals surface area contributed by atoms with Crippen molar-refractivity contribution in [2.45, 2.75) is 20.8 Å². The molecule has 7 nitrogen and oxygen atoms in total. The summed E-state index contributed by atoms with van der Waals surface area (Å²) in [5.41, 5.74) is 5.51. The largest absolute Gasteiger partial charge is 0.497 e. The second-order valence-corrected chi connectivity index (χ2v) is 7.78. The number of aromatic nitrogens is 3. The van der Waals surface area contributed by atoms with Crippen LogP contribution in [0.3, 0.4) is 0 Å². The van der Waals surface area contributed by atoms with Crippen molar-refractivity contribution in [3.8, 4) is 28.6 Å². The Hall–Kier alpha value is -4.13. The van der Waals surface area contributed by atoms with Crippen LogP contribution in [0, 0.1) is 20.8 Å². The Morgan fingerprint density at radius 3 is 2.45 bits per heavy atom. The molecule has 3 aromatic carbocycles. The summed E-state index contributed by atoms with van der Waals surface area (Å²) in [6.07, 6.45) is 0. The van der Waals surface area contributed by atoms with Crippen molar-refractivity contribution in [3.05, 3.63) is 83.2 Å². The number of carbonyl (C=O) groups is 1. The average Bonchev–Trinajstić information content (AvgIpc) is 3.26. The van der Waals surface area contributed by atoms with Crippen LogP contribution in [0.15, 0.2) is 60.7 Å². The van der Waals surface area contributed by atoms with Crippen molar-refractivity contribution in [1.29, 1.82) is 0 Å². The Morgan fingerprint density at radius 1 is 0.939 bits per heavy atom. The fraction of sp³-hybridized carbons (Fsp3) is 0.192. The lowest BCUT2D eigenvalue weighted by molar-refractivity contribution is 0.101. The number of amides is 1. The predicted octanol–water partition coefficient (Wildman–Crippen LogP) is 5.13. The maximum Gasteiger partial charge on any atom is 0.295 e. The van der Waals surface area contributed by atoms with Gasteiger partial charge in [0.25, 0.3) is 5.91 Å². The van der Waals surface area contributed by atoms with Gasteiger partial charge in [0.2, 0.25) is 5.82 Å². The third kappa shape index (κ3) is 4.43. The fourth-order valence-corrected chi connectivity index (χ4v) is 3.60. The van der Waals surface area contributed by atoms with Gasteiger partial charge in [-0.1, -0.05) is 35.9 Å². The van der Waals surface area contributed by atoms with E-state index < -0.39 is 5.91 Å². The standard InChI is InChI=1S/C26H26N4O3/c1-16-8-6-10-19(14-16)25-28-24(29-30(25)22-11-7-9-17(2)18(22)3)26(31)27-21-15-20(32-4)12-13-23(21)33-5/h6-15H,1-5H3,(H,27,31). The smallest absolute Gasteiger partial charge is 0.295 e. The van der Waals surface area contributed by atoms with Crippen molar-refractivity contribution in [2.24, 2.45) is 0 Å². The molecular weight excluding hydrogens is 416 g/mol. The summed E-state index contributed by atoms with van der Waals surface area (Å²) >= 11 is 0. The van der Waals surface area contributed by atoms with E-state index in [1.165, 1.54) is 0 Å². The van der Waals surface area contributed by atoms with Crippen molar-refractivity contribution in [3.63, 3.8) is 0 Å². The highest BCUT2D eigenvalue weighted by atomic mass is 16.5. The second-order valence-electron chi connectivity index (χ2n) is 7.78. The molecule has 168 valence electrons. The second kappa shape index (κ2) is 9.16. The summed E-state index contributed by atoms with van der Waals surface area (Å²) < 4.78 is 12.4. The Kier molecular flexibility index (Phi) is 6.13. The molecule has 4 rings (SSSR count). The maximum absolute atomic E-state index is 13.2. The molecule has 0 saturated carbocycles. The van der Waals surface area contributed by atoms with Crippen LogP contribution in [0.5, 0.6) is 11.5 Å². The first-order valence-corrected chi connectivity index (χ1v) is 10.6. The Labute approximate surface area is 193 Å². The van der Waals surface area contributed by atoms with E-state index in [0.29, 0.717) is 23.0 Å². The third-order valence-electron chi connectivity index (χ3n) is 5.55. The fourth-order valence-electron chi connectivity index (χ4n) is 3.60. The molecule has 0 spiro atoms. The van der Waals surface area contributed by atoms with Crippen molar-refractivity contribution in [2.75, 3.05) is 19.5 Å². The van der Waals surface area contributed by atoms with E-state index >= 15 is 0 Å². The first-order valence-electron chi connectivity index (χ1n) is 10.6. The van der Waals surface area contributed by atoms with Crippen LogP contribution in [-0.4, -0.2) is 34.9 Å². The SMILES string of the molecule is COc1ccc(OC)c(NC(=O)c2nc(-c3cccc(C)c3)n(-c3cccc(C)c3C)n2)c1. The van der Waals surface area contributed by atoms with E-state index in [1.54, 1.807) is 37.1 Å². The molecule has 0 fully saturated rings. The number of benzene rings is 3. The van der Waals surface area contributed by atoms with Crippen LogP contribution in [0.4, 0.5) is 5.69 Å². The van der Waals surface area contributed by atoms with Crippen LogP contribution < -0.4 is 14.8 Å². The van der Waals surface area contributed by atoms with Gasteiger partial charge in [-0.15, -0.1) is 5.10 Å². The minimum Gasteiger partial charge on any atom is -0.497 e. The Balaban J connectivity index is 1.80. The lowest BCUT2D eigenvalue weighted by atomic mass is 10.1. The topological polar surface area (TPSA) is 78.3 Å². The molecule has 0 aliphatic carbocycles. The zero-order valence-corrected chi connectivity index (χ0v) is 19.3. The van der Waals surface area contributed by atoms with Crippen LogP contribution >= 0.6 is 0 Å². The summed E-state index contributed by atoms with van der Waals surface area (Å²) in [7, 11) is 3.11. The van der Waals surface area contributed by atoms with Gasteiger partial charge in [-0.05, 0) is 56.2 Å². The number of ether oxygens (including phenoxy) is 2. The Morgan fingerprint density at radius 2 is 1.73 bits per heavy atom. The number of carbonyl (C=O) groups excluding carboxylic acids is 1. The van der Waals surface area contributed by atoms with Gasteiger partial charge in [0.1, 0.15) is 11.5 Å². The molecule has 0 radical (unpaired) electrons. The lowest BCUT2D eigenvalue weighted by Crippen LogP contribution is -2.15. The molecular formula is C26H26N4O3. The molecule has 0 unspecified atom stereocenters. The summed E-state index contributed by atoms with van der Waals surface area (Å²) in [6.45, 7) is 6.10. The number of nitrogens with one attached hydrogen (secondary N) is 1. The van der Waals surface area contributed by atoms with Gasteiger partial charge in [0, 0.05) is 11.6 Å². The number of anilines is 1. The number of rotatable bonds is 6. The highest BCUT2D eigenvalue weighted by molar-refractivity contribution is 6.02. The molecule has 0 bridgehead atoms. The first kappa shape index (κ1) is 22.1. The van der Waals surface area contributed by atoms with Gasteiger partial charge in [0.15, 0.2) is 5.82 Å². The molecule has 0 aliphatic heterocycles. The van der Waals surface area contributed by atoms with E-state index in [2.05, 4.69) is 15.4 Å². The van der Waals surface area contributed by atoms with Crippen LogP contribution in [0.25, 0.3) is 17.1 Å². The van der Waals surface area contributed by atoms with Crippen LogP contribution in [0.2, 0.25) is 0 Å². The quantitative estimate of drug-likeness (QED) is 0.448. The summed E-state index contributed by atoms with van der Waals surface area (Å²) in [6, 6.07) is 19.2. The van der Waals surface area contributed by atoms with Gasteiger partial charge in [0.05, 0.1) is 25.6 Å². The number of nitrogens with zero attached hydrogens (tertiary/aromatic N) is 3. The molecule has 7 heteroatoms. The zero-order valence-electron chi connectivity index (χ0n) is 19.3. The van der Waals surface area contributed by atoms with Crippen molar-refractivity contribution in [1.82, 2.24) is 14.8 Å². The lowest BCUT2D eigenvalue weighted by Gasteiger charge is -2.11. The zero-order chi connectivity index (χ0) is 23.5. The maximum atomic E-state index is 13.2. The van der Waals surface area contributed by atoms with Gasteiger partial charge in [-0.25, -0.2) is 9.67 Å². The van der Waals surface area contributed by atoms with E-state index in [9.17, 15) is 4.79 Å². The monoisotopic (exact) mass is 442 g/mol. The Bertz CT molecular complexity index is 1330. The van der Waals surface area contributed by atoms with Gasteiger partial charge in [-0.2, -0.15) is 0 Å². The summed E-state index contributed by atoms with van der Waals surface area (Å²) in [4.78, 5) is 17.8. The highest BCUT2D eigenvalue weighted by Crippen LogP contribution is 2.30.